The number of aliphatic hydroxyl groups excluding tert-OH is 1. The average molecular weight is 280 g/mol. The molecule has 0 saturated carbocycles. The molecule has 0 atom stereocenters. The molecular formula is C17H16N2O2. The highest BCUT2D eigenvalue weighted by molar-refractivity contribution is 5.96. The molecule has 4 heteroatoms. The van der Waals surface area contributed by atoms with E-state index in [4.69, 9.17) is 10.5 Å². The summed E-state index contributed by atoms with van der Waals surface area (Å²) in [4.78, 5) is 4.27. The molecule has 2 aromatic carbocycles. The van der Waals surface area contributed by atoms with Crippen LogP contribution in [0.2, 0.25) is 0 Å². The fourth-order valence-corrected chi connectivity index (χ4v) is 2.28. The van der Waals surface area contributed by atoms with Gasteiger partial charge in [0.2, 0.25) is 0 Å². The number of ether oxygens (including phenoxy) is 1. The van der Waals surface area contributed by atoms with Gasteiger partial charge in [-0.25, -0.2) is 0 Å². The van der Waals surface area contributed by atoms with E-state index < -0.39 is 0 Å². The standard InChI is InChI=1S/C17H16N2O2/c1-11-8-13-14(9-19-11)15(18)6-7-17(13)21-16-5-3-2-4-12(16)10-20/h2-9,20H,10,18H2,1H3. The molecule has 0 aliphatic carbocycles. The first-order valence-corrected chi connectivity index (χ1v) is 6.70. The molecule has 0 unspecified atom stereocenters. The van der Waals surface area contributed by atoms with Gasteiger partial charge in [-0.3, -0.25) is 4.98 Å². The maximum absolute atomic E-state index is 9.39. The lowest BCUT2D eigenvalue weighted by molar-refractivity contribution is 0.276. The first-order chi connectivity index (χ1) is 10.2. The van der Waals surface area contributed by atoms with Crippen LogP contribution in [0.3, 0.4) is 0 Å². The van der Waals surface area contributed by atoms with Crippen molar-refractivity contribution in [2.45, 2.75) is 13.5 Å². The number of aromatic nitrogens is 1. The predicted octanol–water partition coefficient (Wildman–Crippen LogP) is 3.41. The van der Waals surface area contributed by atoms with Crippen LogP contribution >= 0.6 is 0 Å². The topological polar surface area (TPSA) is 68.4 Å². The summed E-state index contributed by atoms with van der Waals surface area (Å²) in [6, 6.07) is 13.0. The van der Waals surface area contributed by atoms with Crippen molar-refractivity contribution < 1.29 is 9.84 Å². The summed E-state index contributed by atoms with van der Waals surface area (Å²) in [7, 11) is 0. The zero-order valence-corrected chi connectivity index (χ0v) is 11.7. The molecule has 4 nitrogen and oxygen atoms in total. The van der Waals surface area contributed by atoms with Crippen LogP contribution in [0.4, 0.5) is 5.69 Å². The van der Waals surface area contributed by atoms with E-state index in [0.29, 0.717) is 17.2 Å². The van der Waals surface area contributed by atoms with Crippen LogP contribution in [0, 0.1) is 6.92 Å². The van der Waals surface area contributed by atoms with Crippen LogP contribution in [0.1, 0.15) is 11.3 Å². The summed E-state index contributed by atoms with van der Waals surface area (Å²) in [5.41, 5.74) is 8.30. The Morgan fingerprint density at radius 2 is 1.90 bits per heavy atom. The lowest BCUT2D eigenvalue weighted by atomic mass is 10.1. The SMILES string of the molecule is Cc1cc2c(Oc3ccccc3CO)ccc(N)c2cn1. The smallest absolute Gasteiger partial charge is 0.135 e. The molecule has 0 spiro atoms. The molecule has 0 radical (unpaired) electrons. The number of fused-ring (bicyclic) bond motifs is 1. The molecule has 21 heavy (non-hydrogen) atoms. The molecule has 0 aliphatic heterocycles. The lowest BCUT2D eigenvalue weighted by Gasteiger charge is -2.13. The van der Waals surface area contributed by atoms with E-state index in [1.54, 1.807) is 12.3 Å². The largest absolute Gasteiger partial charge is 0.456 e. The third kappa shape index (κ3) is 2.53. The molecule has 1 aromatic heterocycles. The third-order valence-corrected chi connectivity index (χ3v) is 3.39. The van der Waals surface area contributed by atoms with Crippen LogP contribution < -0.4 is 10.5 Å². The number of hydrogen-bond acceptors (Lipinski definition) is 4. The number of nitrogens with zero attached hydrogens (tertiary/aromatic N) is 1. The number of hydrogen-bond donors (Lipinski definition) is 2. The normalized spacial score (nSPS) is 10.8. The summed E-state index contributed by atoms with van der Waals surface area (Å²) in [5, 5.41) is 11.2. The summed E-state index contributed by atoms with van der Waals surface area (Å²) >= 11 is 0. The second-order valence-electron chi connectivity index (χ2n) is 4.89. The Hall–Kier alpha value is -2.59. The number of pyridine rings is 1. The highest BCUT2D eigenvalue weighted by Gasteiger charge is 2.09. The van der Waals surface area contributed by atoms with Crippen molar-refractivity contribution in [2.24, 2.45) is 0 Å². The Kier molecular flexibility index (Phi) is 3.46. The van der Waals surface area contributed by atoms with E-state index in [9.17, 15) is 5.11 Å². The molecule has 0 aliphatic rings. The second-order valence-corrected chi connectivity index (χ2v) is 4.89. The fraction of sp³-hybridized carbons (Fsp3) is 0.118. The van der Waals surface area contributed by atoms with Crippen molar-refractivity contribution in [1.82, 2.24) is 4.98 Å². The molecule has 0 amide bonds. The van der Waals surface area contributed by atoms with E-state index in [-0.39, 0.29) is 6.61 Å². The average Bonchev–Trinajstić information content (AvgIpc) is 2.50. The fourth-order valence-electron chi connectivity index (χ4n) is 2.28. The number of benzene rings is 2. The van der Waals surface area contributed by atoms with Crippen molar-refractivity contribution in [3.8, 4) is 11.5 Å². The Balaban J connectivity index is 2.13. The molecule has 0 bridgehead atoms. The number of rotatable bonds is 3. The van der Waals surface area contributed by atoms with Crippen LogP contribution in [0.5, 0.6) is 11.5 Å². The number of nitrogens with two attached hydrogens (primary N) is 1. The van der Waals surface area contributed by atoms with Crippen LogP contribution in [0.25, 0.3) is 10.8 Å². The first kappa shape index (κ1) is 13.4. The van der Waals surface area contributed by atoms with Crippen LogP contribution in [0.15, 0.2) is 48.7 Å². The van der Waals surface area contributed by atoms with Gasteiger partial charge in [-0.15, -0.1) is 0 Å². The van der Waals surface area contributed by atoms with Gasteiger partial charge in [0, 0.05) is 33.9 Å². The monoisotopic (exact) mass is 280 g/mol. The lowest BCUT2D eigenvalue weighted by Crippen LogP contribution is -1.95. The van der Waals surface area contributed by atoms with Gasteiger partial charge >= 0.3 is 0 Å². The van der Waals surface area contributed by atoms with Crippen molar-refractivity contribution in [2.75, 3.05) is 5.73 Å². The quantitative estimate of drug-likeness (QED) is 0.721. The minimum Gasteiger partial charge on any atom is -0.456 e. The summed E-state index contributed by atoms with van der Waals surface area (Å²) in [5.74, 6) is 1.34. The van der Waals surface area contributed by atoms with Gasteiger partial charge in [0.25, 0.3) is 0 Å². The van der Waals surface area contributed by atoms with Gasteiger partial charge in [0.05, 0.1) is 6.61 Å². The minimum atomic E-state index is -0.0658. The van der Waals surface area contributed by atoms with Gasteiger partial charge in [0.1, 0.15) is 11.5 Å². The van der Waals surface area contributed by atoms with E-state index in [1.807, 2.05) is 43.3 Å². The molecular weight excluding hydrogens is 264 g/mol. The number of para-hydroxylation sites is 1. The minimum absolute atomic E-state index is 0.0658. The van der Waals surface area contributed by atoms with Gasteiger partial charge < -0.3 is 15.6 Å². The highest BCUT2D eigenvalue weighted by Crippen LogP contribution is 2.34. The Labute approximate surface area is 122 Å². The van der Waals surface area contributed by atoms with Gasteiger partial charge in [-0.05, 0) is 31.2 Å². The van der Waals surface area contributed by atoms with Crippen molar-refractivity contribution in [3.63, 3.8) is 0 Å². The summed E-state index contributed by atoms with van der Waals surface area (Å²) in [6.07, 6.45) is 1.75. The van der Waals surface area contributed by atoms with E-state index in [2.05, 4.69) is 4.98 Å². The number of aliphatic hydroxyl groups is 1. The number of nitrogen functional groups attached to an aromatic ring is 1. The predicted molar refractivity (Wildman–Crippen MR) is 83.3 cm³/mol. The highest BCUT2D eigenvalue weighted by atomic mass is 16.5. The maximum atomic E-state index is 9.39. The zero-order valence-electron chi connectivity index (χ0n) is 11.7. The molecule has 3 rings (SSSR count). The third-order valence-electron chi connectivity index (χ3n) is 3.39. The molecule has 0 fully saturated rings. The molecule has 3 N–H and O–H groups in total. The second kappa shape index (κ2) is 5.42. The van der Waals surface area contributed by atoms with Crippen LogP contribution in [-0.4, -0.2) is 10.1 Å². The van der Waals surface area contributed by atoms with Gasteiger partial charge in [0.15, 0.2) is 0 Å². The first-order valence-electron chi connectivity index (χ1n) is 6.70. The Bertz CT molecular complexity index is 800. The number of anilines is 1. The molecule has 1 heterocycles. The maximum Gasteiger partial charge on any atom is 0.135 e. The summed E-state index contributed by atoms with van der Waals surface area (Å²) in [6.45, 7) is 1.86. The number of aryl methyl sites for hydroxylation is 1. The van der Waals surface area contributed by atoms with E-state index in [0.717, 1.165) is 22.0 Å². The van der Waals surface area contributed by atoms with Gasteiger partial charge in [-0.2, -0.15) is 0 Å². The Morgan fingerprint density at radius 1 is 1.10 bits per heavy atom. The molecule has 106 valence electrons. The Morgan fingerprint density at radius 3 is 2.71 bits per heavy atom. The van der Waals surface area contributed by atoms with Crippen LogP contribution in [-0.2, 0) is 6.61 Å². The van der Waals surface area contributed by atoms with E-state index in [1.165, 1.54) is 0 Å². The molecule has 0 saturated heterocycles. The van der Waals surface area contributed by atoms with Gasteiger partial charge in [-0.1, -0.05) is 18.2 Å². The summed E-state index contributed by atoms with van der Waals surface area (Å²) < 4.78 is 5.98. The van der Waals surface area contributed by atoms with Crippen molar-refractivity contribution in [3.05, 3.63) is 59.9 Å². The van der Waals surface area contributed by atoms with Crippen molar-refractivity contribution >= 4 is 16.5 Å². The molecule has 3 aromatic rings. The zero-order chi connectivity index (χ0) is 14.8. The van der Waals surface area contributed by atoms with Crippen molar-refractivity contribution in [1.29, 1.82) is 0 Å². The van der Waals surface area contributed by atoms with E-state index >= 15 is 0 Å².